The minimum Gasteiger partial charge on any atom is -0.479 e. The number of carboxylic acid groups (broad SMARTS) is 1. The summed E-state index contributed by atoms with van der Waals surface area (Å²) in [5.41, 5.74) is 0. The summed E-state index contributed by atoms with van der Waals surface area (Å²) in [6.45, 7) is -2.09. The van der Waals surface area contributed by atoms with Crippen LogP contribution < -0.4 is 0 Å². The van der Waals surface area contributed by atoms with Gasteiger partial charge in [0.25, 0.3) is 0 Å². The van der Waals surface area contributed by atoms with Gasteiger partial charge in [-0.05, 0) is 6.88 Å². The van der Waals surface area contributed by atoms with Crippen molar-refractivity contribution in [2.24, 2.45) is 0 Å². The molecule has 3 nitrogen and oxygen atoms in total. The Labute approximate surface area is 39.4 Å². The second kappa shape index (κ2) is 1.77. The van der Waals surface area contributed by atoms with Crippen LogP contribution in [0.2, 0.25) is 0 Å². The molecule has 0 saturated heterocycles. The predicted molar refractivity (Wildman–Crippen MR) is 19.3 cm³/mol. The molecule has 0 aliphatic rings. The molecule has 0 aliphatic carbocycles. The topological polar surface area (TPSA) is 57.5 Å². The smallest absolute Gasteiger partial charge is 0.332 e. The average Bonchev–Trinajstić information content (AvgIpc) is 1.65. The maximum absolute atomic E-state index is 9.78. The van der Waals surface area contributed by atoms with Crippen LogP contribution in [0.4, 0.5) is 0 Å². The molecular formula is C3H6O3. The van der Waals surface area contributed by atoms with Crippen LogP contribution in [0.3, 0.4) is 0 Å². The zero-order valence-corrected chi connectivity index (χ0v) is 2.88. The molecule has 1 unspecified atom stereocenters. The summed E-state index contributed by atoms with van der Waals surface area (Å²) in [6, 6.07) is 0. The summed E-state index contributed by atoms with van der Waals surface area (Å²) >= 11 is 0. The molecule has 0 radical (unpaired) electrons. The molecule has 0 aromatic carbocycles. The van der Waals surface area contributed by atoms with Gasteiger partial charge in [0.05, 0.1) is 1.37 Å². The van der Waals surface area contributed by atoms with Gasteiger partial charge in [0, 0.05) is 2.74 Å². The first-order chi connectivity index (χ1) is 3.89. The van der Waals surface area contributed by atoms with Crippen LogP contribution in [-0.2, 0) is 4.79 Å². The van der Waals surface area contributed by atoms with Gasteiger partial charge in [-0.15, -0.1) is 0 Å². The number of hydrogen-bond donors (Lipinski definition) is 2. The van der Waals surface area contributed by atoms with Crippen molar-refractivity contribution in [3.8, 4) is 0 Å². The maximum atomic E-state index is 9.78. The van der Waals surface area contributed by atoms with Gasteiger partial charge in [-0.25, -0.2) is 4.79 Å². The van der Waals surface area contributed by atoms with Crippen LogP contribution in [0, 0.1) is 0 Å². The highest BCUT2D eigenvalue weighted by Gasteiger charge is 2.01. The second-order valence-electron chi connectivity index (χ2n) is 0.690. The van der Waals surface area contributed by atoms with Crippen molar-refractivity contribution in [1.29, 1.82) is 0 Å². The molecule has 0 rings (SSSR count). The zero-order chi connectivity index (χ0) is 7.65. The Morgan fingerprint density at radius 1 is 2.33 bits per heavy atom. The van der Waals surface area contributed by atoms with E-state index in [1.165, 1.54) is 0 Å². The first-order valence-electron chi connectivity index (χ1n) is 2.84. The van der Waals surface area contributed by atoms with Gasteiger partial charge in [-0.2, -0.15) is 0 Å². The van der Waals surface area contributed by atoms with Crippen LogP contribution in [0.1, 0.15) is 11.0 Å². The average molecular weight is 93.1 g/mol. The number of rotatable bonds is 1. The molecule has 0 amide bonds. The molecule has 0 aromatic rings. The third-order valence-electron chi connectivity index (χ3n) is 0.219. The van der Waals surface area contributed by atoms with Crippen molar-refractivity contribution in [3.05, 3.63) is 0 Å². The summed E-state index contributed by atoms with van der Waals surface area (Å²) in [5, 5.41) is 16.3. The fraction of sp³-hybridized carbons (Fsp3) is 0.667. The molecule has 0 aliphatic heterocycles. The molecule has 0 saturated carbocycles. The molecule has 2 N–H and O–H groups in total. The summed E-state index contributed by atoms with van der Waals surface area (Å²) in [7, 11) is 0. The van der Waals surface area contributed by atoms with Crippen molar-refractivity contribution in [2.45, 2.75) is 13.0 Å². The number of aliphatic carboxylic acids is 1. The van der Waals surface area contributed by atoms with Crippen LogP contribution in [-0.4, -0.2) is 22.3 Å². The fourth-order valence-electron chi connectivity index (χ4n) is 0. The van der Waals surface area contributed by atoms with E-state index in [-0.39, 0.29) is 0 Å². The largest absolute Gasteiger partial charge is 0.479 e. The van der Waals surface area contributed by atoms with E-state index < -0.39 is 18.9 Å². The normalized spacial score (nSPS) is 26.7. The summed E-state index contributed by atoms with van der Waals surface area (Å²) in [6.07, 6.45) is -3.00. The number of carboxylic acids is 1. The van der Waals surface area contributed by atoms with E-state index in [0.29, 0.717) is 0 Å². The first-order valence-corrected chi connectivity index (χ1v) is 1.19. The van der Waals surface area contributed by atoms with E-state index in [0.717, 1.165) is 0 Å². The van der Waals surface area contributed by atoms with Crippen molar-refractivity contribution >= 4 is 5.97 Å². The Balaban J connectivity index is 4.19. The maximum Gasteiger partial charge on any atom is 0.332 e. The molecule has 0 aromatic heterocycles. The number of carbonyl (C=O) groups is 1. The van der Waals surface area contributed by atoms with Crippen LogP contribution in [0.15, 0.2) is 0 Å². The van der Waals surface area contributed by atoms with Crippen molar-refractivity contribution < 1.29 is 19.1 Å². The van der Waals surface area contributed by atoms with E-state index in [9.17, 15) is 4.79 Å². The van der Waals surface area contributed by atoms with Gasteiger partial charge >= 0.3 is 5.97 Å². The van der Waals surface area contributed by atoms with Crippen molar-refractivity contribution in [1.82, 2.24) is 0 Å². The van der Waals surface area contributed by atoms with E-state index in [4.69, 9.17) is 14.3 Å². The van der Waals surface area contributed by atoms with E-state index in [2.05, 4.69) is 0 Å². The Kier molecular flexibility index (Phi) is 0.569. The van der Waals surface area contributed by atoms with Gasteiger partial charge in [0.15, 0.2) is 0 Å². The molecule has 0 heterocycles. The molecule has 6 heavy (non-hydrogen) atoms. The summed E-state index contributed by atoms with van der Waals surface area (Å²) < 4.78 is 19.1. The Hall–Kier alpha value is -0.570. The van der Waals surface area contributed by atoms with E-state index >= 15 is 0 Å². The van der Waals surface area contributed by atoms with Gasteiger partial charge in [-0.1, -0.05) is 0 Å². The SMILES string of the molecule is [2H]C([2H])C([2H])(O)C(=O)O. The van der Waals surface area contributed by atoms with Crippen LogP contribution in [0.5, 0.6) is 0 Å². The third kappa shape index (κ3) is 1.72. The number of hydrogen-bond acceptors (Lipinski definition) is 2. The lowest BCUT2D eigenvalue weighted by molar-refractivity contribution is -0.145. The quantitative estimate of drug-likeness (QED) is 0.457. The first kappa shape index (κ1) is 1.93. The van der Waals surface area contributed by atoms with Gasteiger partial charge in [-0.3, -0.25) is 0 Å². The lowest BCUT2D eigenvalue weighted by atomic mass is 10.4. The van der Waals surface area contributed by atoms with Gasteiger partial charge in [0.2, 0.25) is 0 Å². The van der Waals surface area contributed by atoms with Crippen molar-refractivity contribution in [3.63, 3.8) is 0 Å². The van der Waals surface area contributed by atoms with E-state index in [1.54, 1.807) is 0 Å². The standard InChI is InChI=1S/C3H6O3/c1-2(4)3(5)6/h2,4H,1H3,(H,5,6)/i1D2,2D. The minimum atomic E-state index is -3.00. The van der Waals surface area contributed by atoms with Gasteiger partial charge in [0.1, 0.15) is 6.08 Å². The van der Waals surface area contributed by atoms with Crippen LogP contribution >= 0.6 is 0 Å². The van der Waals surface area contributed by atoms with Crippen molar-refractivity contribution in [2.75, 3.05) is 0 Å². The molecule has 0 bridgehead atoms. The van der Waals surface area contributed by atoms with Crippen LogP contribution in [0.25, 0.3) is 0 Å². The molecule has 36 valence electrons. The second-order valence-corrected chi connectivity index (χ2v) is 0.690. The molecule has 0 spiro atoms. The van der Waals surface area contributed by atoms with Gasteiger partial charge < -0.3 is 10.2 Å². The monoisotopic (exact) mass is 93.1 g/mol. The summed E-state index contributed by atoms with van der Waals surface area (Å²) in [4.78, 5) is 9.78. The highest BCUT2D eigenvalue weighted by Crippen LogP contribution is 1.73. The molecule has 3 heteroatoms. The Morgan fingerprint density at radius 3 is 2.83 bits per heavy atom. The lowest BCUT2D eigenvalue weighted by Crippen LogP contribution is -2.13. The lowest BCUT2D eigenvalue weighted by Gasteiger charge is -1.89. The zero-order valence-electron chi connectivity index (χ0n) is 5.88. The Bertz CT molecular complexity index is 121. The fourth-order valence-corrected chi connectivity index (χ4v) is 0. The minimum absolute atomic E-state index is 1.88. The molecule has 1 atom stereocenters. The summed E-state index contributed by atoms with van der Waals surface area (Å²) in [5.74, 6) is -1.88. The molecular weight excluding hydrogens is 84.0 g/mol. The highest BCUT2D eigenvalue weighted by atomic mass is 16.4. The highest BCUT2D eigenvalue weighted by molar-refractivity contribution is 5.71. The predicted octanol–water partition coefficient (Wildman–Crippen LogP) is -0.548. The third-order valence-corrected chi connectivity index (χ3v) is 0.219. The van der Waals surface area contributed by atoms with E-state index in [1.807, 2.05) is 0 Å². The molecule has 0 fully saturated rings. The Morgan fingerprint density at radius 2 is 2.83 bits per heavy atom. The number of aliphatic hydroxyl groups is 1.